The van der Waals surface area contributed by atoms with Crippen LogP contribution in [0.15, 0.2) is 53.6 Å². The summed E-state index contributed by atoms with van der Waals surface area (Å²) >= 11 is 0. The second-order valence-electron chi connectivity index (χ2n) is 5.18. The summed E-state index contributed by atoms with van der Waals surface area (Å²) in [6, 6.07) is 18.1. The van der Waals surface area contributed by atoms with E-state index in [-0.39, 0.29) is 11.6 Å². The van der Waals surface area contributed by atoms with Gasteiger partial charge in [0, 0.05) is 12.2 Å². The van der Waals surface area contributed by atoms with Crippen LogP contribution in [0, 0.1) is 22.7 Å². The number of carbonyl (C=O) groups is 1. The van der Waals surface area contributed by atoms with Crippen LogP contribution >= 0.6 is 0 Å². The van der Waals surface area contributed by atoms with Crippen LogP contribution in [0.3, 0.4) is 0 Å². The Labute approximate surface area is 139 Å². The Morgan fingerprint density at radius 3 is 2.58 bits per heavy atom. The van der Waals surface area contributed by atoms with Gasteiger partial charge in [-0.25, -0.2) is 0 Å². The summed E-state index contributed by atoms with van der Waals surface area (Å²) in [5.41, 5.74) is 5.29. The third-order valence-corrected chi connectivity index (χ3v) is 3.79. The number of fused-ring (bicyclic) bond motifs is 1. The smallest absolute Gasteiger partial charge is 0.260 e. The second kappa shape index (κ2) is 6.64. The Morgan fingerprint density at radius 1 is 1.08 bits per heavy atom. The van der Waals surface area contributed by atoms with Gasteiger partial charge in [0.25, 0.3) is 5.91 Å². The largest absolute Gasteiger partial charge is 0.308 e. The molecule has 1 heterocycles. The molecule has 0 fully saturated rings. The van der Waals surface area contributed by atoms with E-state index in [1.54, 1.807) is 41.3 Å². The molecule has 1 aliphatic heterocycles. The predicted molar refractivity (Wildman–Crippen MR) is 90.5 cm³/mol. The topological polar surface area (TPSA) is 92.3 Å². The third kappa shape index (κ3) is 2.81. The number of hydrazone groups is 1. The molecule has 0 atom stereocenters. The van der Waals surface area contributed by atoms with Crippen molar-refractivity contribution in [1.29, 1.82) is 10.5 Å². The maximum Gasteiger partial charge on any atom is 0.260 e. The molecule has 6 heteroatoms. The number of rotatable bonds is 3. The normalized spacial score (nSPS) is 11.8. The van der Waals surface area contributed by atoms with Gasteiger partial charge in [-0.05, 0) is 30.2 Å². The summed E-state index contributed by atoms with van der Waals surface area (Å²) in [6.07, 6.45) is 0.822. The number of hydrogen-bond acceptors (Lipinski definition) is 5. The van der Waals surface area contributed by atoms with Gasteiger partial charge in [0.1, 0.15) is 12.1 Å². The van der Waals surface area contributed by atoms with Crippen molar-refractivity contribution in [2.45, 2.75) is 6.42 Å². The van der Waals surface area contributed by atoms with E-state index in [4.69, 9.17) is 10.5 Å². The quantitative estimate of drug-likeness (QED) is 0.696. The van der Waals surface area contributed by atoms with Crippen LogP contribution in [0.25, 0.3) is 0 Å². The first-order valence-corrected chi connectivity index (χ1v) is 7.37. The highest BCUT2D eigenvalue weighted by Crippen LogP contribution is 2.30. The number of hydrogen-bond donors (Lipinski definition) is 1. The SMILES string of the molecule is N#CC(C#N)=NNc1ccccc1C(=O)N1CCc2ccccc21. The van der Waals surface area contributed by atoms with Crippen molar-refractivity contribution in [2.24, 2.45) is 5.10 Å². The van der Waals surface area contributed by atoms with Crippen LogP contribution in [0.4, 0.5) is 11.4 Å². The molecule has 0 bridgehead atoms. The molecule has 3 rings (SSSR count). The van der Waals surface area contributed by atoms with E-state index in [0.29, 0.717) is 17.8 Å². The van der Waals surface area contributed by atoms with Gasteiger partial charge in [0.05, 0.1) is 11.3 Å². The molecular weight excluding hydrogens is 302 g/mol. The van der Waals surface area contributed by atoms with Crippen molar-refractivity contribution in [1.82, 2.24) is 0 Å². The Morgan fingerprint density at radius 2 is 1.79 bits per heavy atom. The van der Waals surface area contributed by atoms with Crippen molar-refractivity contribution in [3.05, 3.63) is 59.7 Å². The minimum Gasteiger partial charge on any atom is -0.308 e. The number of nitrogens with zero attached hydrogens (tertiary/aromatic N) is 4. The lowest BCUT2D eigenvalue weighted by Gasteiger charge is -2.19. The summed E-state index contributed by atoms with van der Waals surface area (Å²) in [5.74, 6) is -0.145. The average Bonchev–Trinajstić information content (AvgIpc) is 3.06. The summed E-state index contributed by atoms with van der Waals surface area (Å²) in [7, 11) is 0. The first kappa shape index (κ1) is 15.3. The van der Waals surface area contributed by atoms with Gasteiger partial charge < -0.3 is 4.90 Å². The van der Waals surface area contributed by atoms with Gasteiger partial charge in [0.2, 0.25) is 5.71 Å². The number of amides is 1. The standard InChI is InChI=1S/C18H13N5O/c19-11-14(12-20)21-22-16-7-3-2-6-15(16)18(24)23-10-9-13-5-1-4-8-17(13)23/h1-8,22H,9-10H2. The zero-order valence-electron chi connectivity index (χ0n) is 12.7. The lowest BCUT2D eigenvalue weighted by molar-refractivity contribution is 0.0990. The minimum absolute atomic E-state index is 0.145. The molecule has 0 spiro atoms. The van der Waals surface area contributed by atoms with Crippen molar-refractivity contribution in [2.75, 3.05) is 16.9 Å². The zero-order chi connectivity index (χ0) is 16.9. The van der Waals surface area contributed by atoms with E-state index in [9.17, 15) is 4.79 Å². The monoisotopic (exact) mass is 315 g/mol. The fourth-order valence-electron chi connectivity index (χ4n) is 2.65. The van der Waals surface area contributed by atoms with Gasteiger partial charge in [0.15, 0.2) is 0 Å². The fraction of sp³-hybridized carbons (Fsp3) is 0.111. The number of nitrogens with one attached hydrogen (secondary N) is 1. The van der Waals surface area contributed by atoms with E-state index in [2.05, 4.69) is 10.5 Å². The summed E-state index contributed by atoms with van der Waals surface area (Å²) in [4.78, 5) is 14.7. The summed E-state index contributed by atoms with van der Waals surface area (Å²) < 4.78 is 0. The molecule has 6 nitrogen and oxygen atoms in total. The van der Waals surface area contributed by atoms with Crippen LogP contribution < -0.4 is 10.3 Å². The molecule has 0 saturated carbocycles. The Hall–Kier alpha value is -3.64. The Balaban J connectivity index is 1.91. The number of para-hydroxylation sites is 2. The first-order chi connectivity index (χ1) is 11.7. The van der Waals surface area contributed by atoms with Crippen LogP contribution in [-0.4, -0.2) is 18.2 Å². The number of benzene rings is 2. The molecule has 2 aromatic rings. The highest BCUT2D eigenvalue weighted by Gasteiger charge is 2.26. The van der Waals surface area contributed by atoms with Crippen molar-refractivity contribution < 1.29 is 4.79 Å². The molecule has 0 radical (unpaired) electrons. The first-order valence-electron chi connectivity index (χ1n) is 7.37. The molecule has 0 saturated heterocycles. The molecule has 1 amide bonds. The number of carbonyl (C=O) groups excluding carboxylic acids is 1. The molecule has 2 aromatic carbocycles. The van der Waals surface area contributed by atoms with E-state index in [1.807, 2.05) is 24.3 Å². The highest BCUT2D eigenvalue weighted by atomic mass is 16.2. The van der Waals surface area contributed by atoms with Crippen LogP contribution in [-0.2, 0) is 6.42 Å². The van der Waals surface area contributed by atoms with Gasteiger partial charge in [-0.1, -0.05) is 30.3 Å². The van der Waals surface area contributed by atoms with Crippen LogP contribution in [0.2, 0.25) is 0 Å². The molecule has 1 N–H and O–H groups in total. The van der Waals surface area contributed by atoms with E-state index >= 15 is 0 Å². The van der Waals surface area contributed by atoms with E-state index in [0.717, 1.165) is 17.7 Å². The van der Waals surface area contributed by atoms with Gasteiger partial charge in [-0.2, -0.15) is 15.6 Å². The number of anilines is 2. The highest BCUT2D eigenvalue weighted by molar-refractivity contribution is 6.12. The average molecular weight is 315 g/mol. The second-order valence-corrected chi connectivity index (χ2v) is 5.18. The molecular formula is C18H13N5O. The molecule has 0 unspecified atom stereocenters. The fourth-order valence-corrected chi connectivity index (χ4v) is 2.65. The van der Waals surface area contributed by atoms with Gasteiger partial charge in [-0.15, -0.1) is 0 Å². The molecule has 0 aliphatic carbocycles. The van der Waals surface area contributed by atoms with Crippen LogP contribution in [0.5, 0.6) is 0 Å². The van der Waals surface area contributed by atoms with Gasteiger partial charge >= 0.3 is 0 Å². The van der Waals surface area contributed by atoms with Crippen molar-refractivity contribution in [3.8, 4) is 12.1 Å². The lowest BCUT2D eigenvalue weighted by atomic mass is 10.1. The molecule has 1 aliphatic rings. The molecule has 0 aromatic heterocycles. The maximum absolute atomic E-state index is 12.9. The minimum atomic E-state index is -0.302. The summed E-state index contributed by atoms with van der Waals surface area (Å²) in [6.45, 7) is 0.622. The van der Waals surface area contributed by atoms with Crippen LogP contribution in [0.1, 0.15) is 15.9 Å². The lowest BCUT2D eigenvalue weighted by Crippen LogP contribution is -2.29. The molecule has 24 heavy (non-hydrogen) atoms. The summed E-state index contributed by atoms with van der Waals surface area (Å²) in [5, 5.41) is 21.2. The predicted octanol–water partition coefficient (Wildman–Crippen LogP) is 2.70. The van der Waals surface area contributed by atoms with E-state index in [1.165, 1.54) is 0 Å². The van der Waals surface area contributed by atoms with Crippen molar-refractivity contribution >= 4 is 23.0 Å². The number of nitriles is 2. The zero-order valence-corrected chi connectivity index (χ0v) is 12.7. The Bertz CT molecular complexity index is 888. The Kier molecular flexibility index (Phi) is 4.22. The maximum atomic E-state index is 12.9. The van der Waals surface area contributed by atoms with E-state index < -0.39 is 0 Å². The van der Waals surface area contributed by atoms with Crippen molar-refractivity contribution in [3.63, 3.8) is 0 Å². The third-order valence-electron chi connectivity index (χ3n) is 3.79. The molecule has 116 valence electrons. The van der Waals surface area contributed by atoms with Gasteiger partial charge in [-0.3, -0.25) is 10.2 Å².